The van der Waals surface area contributed by atoms with Crippen LogP contribution in [0, 0.1) is 6.92 Å². The van der Waals surface area contributed by atoms with Gasteiger partial charge in [0.25, 0.3) is 11.7 Å². The van der Waals surface area contributed by atoms with Crippen molar-refractivity contribution < 1.29 is 24.2 Å². The van der Waals surface area contributed by atoms with E-state index in [4.69, 9.17) is 9.47 Å². The van der Waals surface area contributed by atoms with Gasteiger partial charge in [0.05, 0.1) is 11.6 Å². The van der Waals surface area contributed by atoms with Gasteiger partial charge in [0, 0.05) is 38.2 Å². The fourth-order valence-corrected chi connectivity index (χ4v) is 4.18. The van der Waals surface area contributed by atoms with Gasteiger partial charge in [0.15, 0.2) is 0 Å². The predicted molar refractivity (Wildman–Crippen MR) is 132 cm³/mol. The lowest BCUT2D eigenvalue weighted by Crippen LogP contribution is -2.31. The van der Waals surface area contributed by atoms with Crippen LogP contribution in [0.1, 0.15) is 34.7 Å². The van der Waals surface area contributed by atoms with Crippen molar-refractivity contribution >= 4 is 17.4 Å². The van der Waals surface area contributed by atoms with E-state index in [-0.39, 0.29) is 11.3 Å². The standard InChI is InChI=1S/C28H28N2O5/c1-19-6-3-4-7-22(19)18-35-23-10-8-21(9-11-23)26(31)24-25(20-12-14-29-15-13-20)30(16-5-17-34-2)28(33)27(24)32/h3-4,6-15,25,31H,5,16-18H2,1-2H3/t25-/m0/s1. The van der Waals surface area contributed by atoms with Gasteiger partial charge in [-0.1, -0.05) is 24.3 Å². The van der Waals surface area contributed by atoms with E-state index in [1.807, 2.05) is 31.2 Å². The minimum atomic E-state index is -0.707. The van der Waals surface area contributed by atoms with E-state index in [2.05, 4.69) is 4.98 Å². The lowest BCUT2D eigenvalue weighted by Gasteiger charge is -2.25. The summed E-state index contributed by atoms with van der Waals surface area (Å²) in [6.07, 6.45) is 3.77. The number of hydrogen-bond donors (Lipinski definition) is 1. The number of aromatic nitrogens is 1. The number of carbonyl (C=O) groups is 2. The van der Waals surface area contributed by atoms with Crippen molar-refractivity contribution in [2.75, 3.05) is 20.3 Å². The molecule has 180 valence electrons. The van der Waals surface area contributed by atoms with Crippen LogP contribution in [-0.4, -0.2) is 46.9 Å². The lowest BCUT2D eigenvalue weighted by atomic mass is 9.96. The zero-order valence-electron chi connectivity index (χ0n) is 19.8. The number of pyridine rings is 1. The summed E-state index contributed by atoms with van der Waals surface area (Å²) in [6.45, 7) is 3.24. The van der Waals surface area contributed by atoms with Crippen molar-refractivity contribution in [1.82, 2.24) is 9.88 Å². The molecular weight excluding hydrogens is 444 g/mol. The first-order valence-corrected chi connectivity index (χ1v) is 11.5. The van der Waals surface area contributed by atoms with Gasteiger partial charge in [0.1, 0.15) is 18.1 Å². The molecule has 0 saturated carbocycles. The molecule has 0 spiro atoms. The number of Topliss-reactive ketones (excluding diaryl/α,β-unsaturated/α-hetero) is 1. The number of aryl methyl sites for hydroxylation is 1. The third kappa shape index (κ3) is 5.25. The van der Waals surface area contributed by atoms with Gasteiger partial charge in [-0.25, -0.2) is 0 Å². The highest BCUT2D eigenvalue weighted by Crippen LogP contribution is 2.39. The summed E-state index contributed by atoms with van der Waals surface area (Å²) in [4.78, 5) is 31.4. The third-order valence-corrected chi connectivity index (χ3v) is 6.09. The van der Waals surface area contributed by atoms with Crippen LogP contribution in [0.5, 0.6) is 5.75 Å². The van der Waals surface area contributed by atoms with Gasteiger partial charge in [-0.15, -0.1) is 0 Å². The van der Waals surface area contributed by atoms with E-state index in [1.165, 1.54) is 4.90 Å². The molecule has 1 atom stereocenters. The Hall–Kier alpha value is -3.97. The molecule has 1 N–H and O–H groups in total. The molecule has 0 radical (unpaired) electrons. The zero-order chi connectivity index (χ0) is 24.8. The fourth-order valence-electron chi connectivity index (χ4n) is 4.18. The van der Waals surface area contributed by atoms with Gasteiger partial charge in [0.2, 0.25) is 0 Å². The second kappa shape index (κ2) is 11.0. The molecule has 7 heteroatoms. The van der Waals surface area contributed by atoms with Gasteiger partial charge >= 0.3 is 0 Å². The van der Waals surface area contributed by atoms with E-state index in [0.29, 0.717) is 43.1 Å². The van der Waals surface area contributed by atoms with Crippen molar-refractivity contribution in [2.24, 2.45) is 0 Å². The number of methoxy groups -OCH3 is 1. The summed E-state index contributed by atoms with van der Waals surface area (Å²) in [7, 11) is 1.59. The van der Waals surface area contributed by atoms with Crippen LogP contribution in [0.3, 0.4) is 0 Å². The van der Waals surface area contributed by atoms with Crippen LogP contribution in [0.25, 0.3) is 5.76 Å². The maximum atomic E-state index is 13.0. The number of ether oxygens (including phenoxy) is 2. The first-order chi connectivity index (χ1) is 17.0. The molecule has 1 fully saturated rings. The smallest absolute Gasteiger partial charge is 0.295 e. The number of aliphatic hydroxyl groups excluding tert-OH is 1. The van der Waals surface area contributed by atoms with E-state index >= 15 is 0 Å². The number of aliphatic hydroxyl groups is 1. The Bertz CT molecular complexity index is 1220. The van der Waals surface area contributed by atoms with E-state index < -0.39 is 17.7 Å². The molecule has 1 aromatic heterocycles. The Labute approximate surface area is 204 Å². The van der Waals surface area contributed by atoms with Gasteiger partial charge in [-0.3, -0.25) is 14.6 Å². The summed E-state index contributed by atoms with van der Waals surface area (Å²) in [5.74, 6) is -0.926. The summed E-state index contributed by atoms with van der Waals surface area (Å²) in [5.41, 5.74) is 3.43. The fraction of sp³-hybridized carbons (Fsp3) is 0.250. The zero-order valence-corrected chi connectivity index (χ0v) is 19.8. The van der Waals surface area contributed by atoms with Crippen molar-refractivity contribution in [3.63, 3.8) is 0 Å². The van der Waals surface area contributed by atoms with Crippen LogP contribution in [0.4, 0.5) is 0 Å². The SMILES string of the molecule is COCCCN1C(=O)C(=O)C(=C(O)c2ccc(OCc3ccccc3C)cc2)[C@@H]1c1ccncc1. The Morgan fingerprint density at radius 1 is 1.03 bits per heavy atom. The van der Waals surface area contributed by atoms with E-state index in [9.17, 15) is 14.7 Å². The number of amides is 1. The number of carbonyl (C=O) groups excluding carboxylic acids is 2. The molecule has 3 aromatic rings. The molecule has 7 nitrogen and oxygen atoms in total. The Kier molecular flexibility index (Phi) is 7.57. The molecule has 0 aliphatic carbocycles. The predicted octanol–water partition coefficient (Wildman–Crippen LogP) is 4.43. The second-order valence-corrected chi connectivity index (χ2v) is 8.36. The number of hydrogen-bond acceptors (Lipinski definition) is 6. The monoisotopic (exact) mass is 472 g/mol. The molecule has 0 bridgehead atoms. The lowest BCUT2D eigenvalue weighted by molar-refractivity contribution is -0.140. The van der Waals surface area contributed by atoms with Crippen LogP contribution < -0.4 is 4.74 Å². The maximum absolute atomic E-state index is 13.0. The minimum Gasteiger partial charge on any atom is -0.507 e. The summed E-state index contributed by atoms with van der Waals surface area (Å²) >= 11 is 0. The summed E-state index contributed by atoms with van der Waals surface area (Å²) in [5, 5.41) is 11.2. The number of rotatable bonds is 9. The first-order valence-electron chi connectivity index (χ1n) is 11.5. The van der Waals surface area contributed by atoms with Gasteiger partial charge in [-0.2, -0.15) is 0 Å². The molecule has 2 aromatic carbocycles. The van der Waals surface area contributed by atoms with E-state index in [1.54, 1.807) is 55.9 Å². The second-order valence-electron chi connectivity index (χ2n) is 8.36. The topological polar surface area (TPSA) is 89.0 Å². The highest BCUT2D eigenvalue weighted by atomic mass is 16.5. The molecule has 4 rings (SSSR count). The molecular formula is C28H28N2O5. The average Bonchev–Trinajstić information content (AvgIpc) is 3.14. The van der Waals surface area contributed by atoms with Crippen LogP contribution in [0.15, 0.2) is 78.6 Å². The maximum Gasteiger partial charge on any atom is 0.295 e. The Morgan fingerprint density at radius 2 is 1.74 bits per heavy atom. The Morgan fingerprint density at radius 3 is 2.43 bits per heavy atom. The largest absolute Gasteiger partial charge is 0.507 e. The molecule has 1 saturated heterocycles. The van der Waals surface area contributed by atoms with Crippen LogP contribution in [-0.2, 0) is 20.9 Å². The quantitative estimate of drug-likeness (QED) is 0.215. The normalized spacial score (nSPS) is 17.1. The summed E-state index contributed by atoms with van der Waals surface area (Å²) in [6, 6.07) is 17.6. The summed E-state index contributed by atoms with van der Waals surface area (Å²) < 4.78 is 11.0. The number of likely N-dealkylation sites (tertiary alicyclic amines) is 1. The molecule has 0 unspecified atom stereocenters. The highest BCUT2D eigenvalue weighted by Gasteiger charge is 2.45. The number of benzene rings is 2. The molecule has 1 aliphatic rings. The first kappa shape index (κ1) is 24.2. The number of nitrogens with zero attached hydrogens (tertiary/aromatic N) is 2. The highest BCUT2D eigenvalue weighted by molar-refractivity contribution is 6.46. The Balaban J connectivity index is 1.62. The molecule has 35 heavy (non-hydrogen) atoms. The van der Waals surface area contributed by atoms with Crippen molar-refractivity contribution in [1.29, 1.82) is 0 Å². The minimum absolute atomic E-state index is 0.0622. The van der Waals surface area contributed by atoms with Crippen molar-refractivity contribution in [2.45, 2.75) is 26.0 Å². The number of ketones is 1. The van der Waals surface area contributed by atoms with Crippen molar-refractivity contribution in [3.05, 3.63) is 101 Å². The average molecular weight is 473 g/mol. The molecule has 2 heterocycles. The van der Waals surface area contributed by atoms with E-state index in [0.717, 1.165) is 11.1 Å². The van der Waals surface area contributed by atoms with Gasteiger partial charge in [-0.05, 0) is 66.4 Å². The van der Waals surface area contributed by atoms with Crippen LogP contribution in [0.2, 0.25) is 0 Å². The van der Waals surface area contributed by atoms with Crippen molar-refractivity contribution in [3.8, 4) is 5.75 Å². The molecule has 1 aliphatic heterocycles. The third-order valence-electron chi connectivity index (χ3n) is 6.09. The van der Waals surface area contributed by atoms with Gasteiger partial charge < -0.3 is 19.5 Å². The van der Waals surface area contributed by atoms with Crippen LogP contribution >= 0.6 is 0 Å². The molecule has 1 amide bonds.